The molecule has 0 bridgehead atoms. The minimum Gasteiger partial charge on any atom is -0.392 e. The Bertz CT molecular complexity index is 1450. The van der Waals surface area contributed by atoms with E-state index in [1.54, 1.807) is 7.11 Å². The molecule has 3 N–H and O–H groups in total. The fourth-order valence-corrected chi connectivity index (χ4v) is 6.72. The maximum atomic E-state index is 12.5. The number of aliphatic hydroxyl groups excluding tert-OH is 1. The number of hydrogen-bond donors (Lipinski definition) is 3. The molecule has 2 amide bonds. The van der Waals surface area contributed by atoms with Crippen LogP contribution in [0.25, 0.3) is 11.1 Å². The van der Waals surface area contributed by atoms with Crippen molar-refractivity contribution < 1.29 is 28.9 Å². The Hall–Kier alpha value is -3.60. The summed E-state index contributed by atoms with van der Waals surface area (Å²) in [7, 11) is 1.77. The molecule has 48 heavy (non-hydrogen) atoms. The number of carbonyl (C=O) groups excluding carboxylic acids is 2. The zero-order chi connectivity index (χ0) is 33.7. The molecule has 258 valence electrons. The van der Waals surface area contributed by atoms with E-state index in [-0.39, 0.29) is 30.6 Å². The Balaban J connectivity index is 1.24. The van der Waals surface area contributed by atoms with Gasteiger partial charge in [-0.3, -0.25) is 14.5 Å². The normalized spacial score (nSPS) is 21.2. The van der Waals surface area contributed by atoms with Gasteiger partial charge in [0.2, 0.25) is 11.8 Å². The highest BCUT2D eigenvalue weighted by Gasteiger charge is 2.35. The van der Waals surface area contributed by atoms with Crippen molar-refractivity contribution in [3.63, 3.8) is 0 Å². The molecule has 3 aromatic carbocycles. The molecule has 9 heteroatoms. The van der Waals surface area contributed by atoms with Crippen molar-refractivity contribution in [3.05, 3.63) is 95.1 Å². The van der Waals surface area contributed by atoms with Gasteiger partial charge >= 0.3 is 0 Å². The highest BCUT2D eigenvalue weighted by molar-refractivity contribution is 5.76. The molecule has 3 aromatic rings. The van der Waals surface area contributed by atoms with Crippen molar-refractivity contribution in [1.82, 2.24) is 15.5 Å². The number of aliphatic hydroxyl groups is 1. The summed E-state index contributed by atoms with van der Waals surface area (Å²) in [4.78, 5) is 26.0. The maximum Gasteiger partial charge on any atom is 0.220 e. The van der Waals surface area contributed by atoms with E-state index in [0.29, 0.717) is 25.6 Å². The smallest absolute Gasteiger partial charge is 0.220 e. The fraction of sp³-hybridized carbons (Fsp3) is 0.487. The Labute approximate surface area is 285 Å². The van der Waals surface area contributed by atoms with Crippen LogP contribution in [0.15, 0.2) is 72.8 Å². The quantitative estimate of drug-likeness (QED) is 0.167. The number of methoxy groups -OCH3 is 1. The first-order valence-electron chi connectivity index (χ1n) is 17.4. The van der Waals surface area contributed by atoms with E-state index in [1.165, 1.54) is 13.3 Å². The maximum absolute atomic E-state index is 12.5. The fourth-order valence-electron chi connectivity index (χ4n) is 6.72. The van der Waals surface area contributed by atoms with E-state index in [9.17, 15) is 14.7 Å². The predicted molar refractivity (Wildman–Crippen MR) is 186 cm³/mol. The first-order valence-corrected chi connectivity index (χ1v) is 17.4. The average Bonchev–Trinajstić information content (AvgIpc) is 3.55. The molecule has 2 fully saturated rings. The van der Waals surface area contributed by atoms with E-state index in [1.807, 2.05) is 36.4 Å². The van der Waals surface area contributed by atoms with Gasteiger partial charge in [-0.15, -0.1) is 0 Å². The summed E-state index contributed by atoms with van der Waals surface area (Å²) in [6, 6.07) is 24.9. The summed E-state index contributed by atoms with van der Waals surface area (Å²) in [5, 5.41) is 15.4. The lowest BCUT2D eigenvalue weighted by Crippen LogP contribution is -2.42. The minimum absolute atomic E-state index is 0.00931. The van der Waals surface area contributed by atoms with Crippen molar-refractivity contribution in [2.24, 2.45) is 0 Å². The monoisotopic (exact) mass is 657 g/mol. The number of rotatable bonds is 16. The van der Waals surface area contributed by atoms with Crippen molar-refractivity contribution in [1.29, 1.82) is 0 Å². The van der Waals surface area contributed by atoms with Gasteiger partial charge in [0.1, 0.15) is 0 Å². The molecule has 5 rings (SSSR count). The number of amides is 2. The van der Waals surface area contributed by atoms with Crippen LogP contribution in [0.3, 0.4) is 0 Å². The minimum atomic E-state index is -0.517. The third kappa shape index (κ3) is 10.2. The Morgan fingerprint density at radius 2 is 1.71 bits per heavy atom. The molecule has 0 unspecified atom stereocenters. The van der Waals surface area contributed by atoms with Gasteiger partial charge in [0.15, 0.2) is 6.29 Å². The van der Waals surface area contributed by atoms with Gasteiger partial charge in [-0.1, -0.05) is 79.2 Å². The highest BCUT2D eigenvalue weighted by atomic mass is 16.7. The summed E-state index contributed by atoms with van der Waals surface area (Å²) in [6.45, 7) is 5.23. The van der Waals surface area contributed by atoms with Gasteiger partial charge in [0.05, 0.1) is 25.4 Å². The molecule has 0 radical (unpaired) electrons. The third-order valence-corrected chi connectivity index (χ3v) is 9.35. The highest BCUT2D eigenvalue weighted by Crippen LogP contribution is 2.39. The number of nitrogens with zero attached hydrogens (tertiary/aromatic N) is 1. The van der Waals surface area contributed by atoms with Gasteiger partial charge < -0.3 is 30.0 Å². The van der Waals surface area contributed by atoms with Crippen molar-refractivity contribution in [3.8, 4) is 11.1 Å². The number of unbranched alkanes of at least 4 members (excludes halogenated alkanes) is 2. The molecule has 0 aliphatic carbocycles. The molecule has 2 heterocycles. The summed E-state index contributed by atoms with van der Waals surface area (Å²) in [5.41, 5.74) is 6.10. The molecular formula is C39H51N3O6. The first-order chi connectivity index (χ1) is 23.4. The summed E-state index contributed by atoms with van der Waals surface area (Å²) >= 11 is 0. The second-order valence-electron chi connectivity index (χ2n) is 12.9. The number of nitrogens with one attached hydrogen (secondary N) is 2. The number of hydrogen-bond acceptors (Lipinski definition) is 7. The van der Waals surface area contributed by atoms with Crippen LogP contribution in [0.5, 0.6) is 0 Å². The first kappa shape index (κ1) is 35.7. The van der Waals surface area contributed by atoms with Crippen molar-refractivity contribution >= 4 is 11.8 Å². The van der Waals surface area contributed by atoms with Crippen LogP contribution < -0.4 is 10.6 Å². The zero-order valence-electron chi connectivity index (χ0n) is 28.4. The topological polar surface area (TPSA) is 109 Å². The van der Waals surface area contributed by atoms with Crippen molar-refractivity contribution in [2.75, 3.05) is 33.4 Å². The van der Waals surface area contributed by atoms with E-state index in [4.69, 9.17) is 14.2 Å². The van der Waals surface area contributed by atoms with Crippen molar-refractivity contribution in [2.45, 2.75) is 89.6 Å². The molecule has 9 nitrogen and oxygen atoms in total. The van der Waals surface area contributed by atoms with Crippen LogP contribution in [0.2, 0.25) is 0 Å². The summed E-state index contributed by atoms with van der Waals surface area (Å²) in [6.07, 6.45) is 5.43. The van der Waals surface area contributed by atoms with Crippen LogP contribution in [0, 0.1) is 0 Å². The summed E-state index contributed by atoms with van der Waals surface area (Å²) in [5.74, 6) is 0.00835. The average molecular weight is 658 g/mol. The number of ether oxygens (including phenoxy) is 3. The SMILES string of the molecule is COC[C@@H]1CCCN1C[C@H]1C[C@@H](c2ccc(CO)cc2)O[C@@H](c2ccc(-c3ccccc3CNC(=O)CCCCCNC(C)=O)cc2)O1. The number of likely N-dealkylation sites (tertiary alicyclic amines) is 1. The second kappa shape index (κ2) is 18.2. The van der Waals surface area contributed by atoms with E-state index in [0.717, 1.165) is 85.2 Å². The zero-order valence-corrected chi connectivity index (χ0v) is 28.4. The Morgan fingerprint density at radius 1 is 0.938 bits per heavy atom. The van der Waals surface area contributed by atoms with Gasteiger partial charge in [0, 0.05) is 58.1 Å². The lowest BCUT2D eigenvalue weighted by molar-refractivity contribution is -0.253. The van der Waals surface area contributed by atoms with Gasteiger partial charge in [-0.05, 0) is 60.0 Å². The van der Waals surface area contributed by atoms with Gasteiger partial charge in [-0.25, -0.2) is 0 Å². The predicted octanol–water partition coefficient (Wildman–Crippen LogP) is 5.81. The van der Waals surface area contributed by atoms with Crippen LogP contribution >= 0.6 is 0 Å². The van der Waals surface area contributed by atoms with Crippen LogP contribution in [0.1, 0.15) is 86.5 Å². The van der Waals surface area contributed by atoms with E-state index in [2.05, 4.69) is 51.9 Å². The number of benzene rings is 3. The molecule has 2 aliphatic rings. The molecule has 0 spiro atoms. The van der Waals surface area contributed by atoms with Gasteiger partial charge in [0.25, 0.3) is 0 Å². The molecule has 0 aromatic heterocycles. The van der Waals surface area contributed by atoms with Gasteiger partial charge in [-0.2, -0.15) is 0 Å². The Kier molecular flexibility index (Phi) is 13.6. The standard InChI is InChI=1S/C39H51N3O6/c1-28(44)40-21-7-3-4-12-38(45)41-24-33-9-5-6-11-36(33)30-17-19-32(20-18-30)39-47-35(25-42-22-8-10-34(42)27-46-2)23-37(48-39)31-15-13-29(26-43)14-16-31/h5-6,9,11,13-20,34-35,37,39,43H,3-4,7-8,10,12,21-27H2,1-2H3,(H,40,44)(H,41,45)/t34-,35+,37-,39-/m0/s1. The van der Waals surface area contributed by atoms with Crippen LogP contribution in [-0.4, -0.2) is 67.3 Å². The van der Waals surface area contributed by atoms with Crippen LogP contribution in [0.4, 0.5) is 0 Å². The van der Waals surface area contributed by atoms with Crippen LogP contribution in [-0.2, 0) is 37.0 Å². The Morgan fingerprint density at radius 3 is 2.46 bits per heavy atom. The second-order valence-corrected chi connectivity index (χ2v) is 12.9. The molecular weight excluding hydrogens is 606 g/mol. The molecule has 0 saturated carbocycles. The van der Waals surface area contributed by atoms with E-state index < -0.39 is 6.29 Å². The largest absolute Gasteiger partial charge is 0.392 e. The lowest BCUT2D eigenvalue weighted by atomic mass is 9.97. The molecule has 4 atom stereocenters. The lowest BCUT2D eigenvalue weighted by Gasteiger charge is -2.38. The van der Waals surface area contributed by atoms with E-state index >= 15 is 0 Å². The number of carbonyl (C=O) groups is 2. The summed E-state index contributed by atoms with van der Waals surface area (Å²) < 4.78 is 18.8. The third-order valence-electron chi connectivity index (χ3n) is 9.35. The molecule has 2 saturated heterocycles. The molecule has 2 aliphatic heterocycles.